The number of benzene rings is 2. The lowest BCUT2D eigenvalue weighted by atomic mass is 10.1. The first-order valence-electron chi connectivity index (χ1n) is 9.05. The second-order valence-electron chi connectivity index (χ2n) is 6.57. The molecule has 0 saturated heterocycles. The molecule has 0 radical (unpaired) electrons. The Hall–Kier alpha value is -3.12. The van der Waals surface area contributed by atoms with Crippen LogP contribution >= 0.6 is 11.3 Å². The molecular formula is C22H21N3O2S. The molecule has 5 nitrogen and oxygen atoms in total. The molecular weight excluding hydrogens is 370 g/mol. The van der Waals surface area contributed by atoms with Crippen LogP contribution in [0.3, 0.4) is 0 Å². The predicted octanol–water partition coefficient (Wildman–Crippen LogP) is 5.90. The number of fused-ring (bicyclic) bond motifs is 1. The smallest absolute Gasteiger partial charge is 0.143 e. The van der Waals surface area contributed by atoms with Gasteiger partial charge in [0.15, 0.2) is 0 Å². The van der Waals surface area contributed by atoms with Crippen LogP contribution in [0.25, 0.3) is 21.3 Å². The highest BCUT2D eigenvalue weighted by Crippen LogP contribution is 2.39. The van der Waals surface area contributed by atoms with E-state index in [0.717, 1.165) is 44.3 Å². The maximum Gasteiger partial charge on any atom is 0.143 e. The van der Waals surface area contributed by atoms with E-state index < -0.39 is 0 Å². The van der Waals surface area contributed by atoms with E-state index in [9.17, 15) is 0 Å². The van der Waals surface area contributed by atoms with Gasteiger partial charge >= 0.3 is 0 Å². The molecule has 0 aliphatic heterocycles. The average Bonchev–Trinajstić information content (AvgIpc) is 3.14. The number of hydrogen-bond donors (Lipinski definition) is 1. The van der Waals surface area contributed by atoms with Gasteiger partial charge in [-0.3, -0.25) is 0 Å². The average molecular weight is 391 g/mol. The van der Waals surface area contributed by atoms with Gasteiger partial charge in [0.05, 0.1) is 24.3 Å². The first-order chi connectivity index (χ1) is 13.7. The maximum absolute atomic E-state index is 5.93. The van der Waals surface area contributed by atoms with Gasteiger partial charge in [0.1, 0.15) is 28.5 Å². The van der Waals surface area contributed by atoms with Gasteiger partial charge in [-0.1, -0.05) is 24.3 Å². The van der Waals surface area contributed by atoms with Crippen molar-refractivity contribution in [2.75, 3.05) is 12.4 Å². The first kappa shape index (κ1) is 18.3. The third-order valence-corrected chi connectivity index (χ3v) is 5.16. The molecule has 2 aromatic heterocycles. The molecule has 4 rings (SSSR count). The quantitative estimate of drug-likeness (QED) is 0.444. The lowest BCUT2D eigenvalue weighted by Crippen LogP contribution is -2.07. The van der Waals surface area contributed by atoms with Gasteiger partial charge in [-0.25, -0.2) is 9.97 Å². The van der Waals surface area contributed by atoms with E-state index in [2.05, 4.69) is 20.7 Å². The van der Waals surface area contributed by atoms with Crippen molar-refractivity contribution in [1.82, 2.24) is 9.97 Å². The highest BCUT2D eigenvalue weighted by Gasteiger charge is 2.15. The summed E-state index contributed by atoms with van der Waals surface area (Å²) < 4.78 is 11.2. The summed E-state index contributed by atoms with van der Waals surface area (Å²) in [6, 6.07) is 15.9. The van der Waals surface area contributed by atoms with Crippen molar-refractivity contribution in [3.05, 3.63) is 60.2 Å². The summed E-state index contributed by atoms with van der Waals surface area (Å²) >= 11 is 1.60. The molecule has 6 heteroatoms. The van der Waals surface area contributed by atoms with E-state index in [1.807, 2.05) is 62.4 Å². The van der Waals surface area contributed by atoms with Crippen LogP contribution in [0.2, 0.25) is 0 Å². The number of hydrogen-bond acceptors (Lipinski definition) is 6. The highest BCUT2D eigenvalue weighted by molar-refractivity contribution is 7.17. The van der Waals surface area contributed by atoms with Gasteiger partial charge in [0.2, 0.25) is 0 Å². The Labute approximate surface area is 168 Å². The van der Waals surface area contributed by atoms with Crippen molar-refractivity contribution in [3.8, 4) is 22.6 Å². The number of thiophene rings is 1. The number of aromatic nitrogens is 2. The van der Waals surface area contributed by atoms with Gasteiger partial charge in [0, 0.05) is 10.9 Å². The molecule has 0 fully saturated rings. The molecule has 0 saturated carbocycles. The zero-order chi connectivity index (χ0) is 19.5. The molecule has 142 valence electrons. The molecule has 0 spiro atoms. The number of nitrogens with one attached hydrogen (secondary N) is 1. The van der Waals surface area contributed by atoms with Crippen molar-refractivity contribution >= 4 is 33.1 Å². The largest absolute Gasteiger partial charge is 0.497 e. The molecule has 0 bridgehead atoms. The minimum atomic E-state index is 0.0874. The Morgan fingerprint density at radius 2 is 1.79 bits per heavy atom. The van der Waals surface area contributed by atoms with Gasteiger partial charge < -0.3 is 14.8 Å². The monoisotopic (exact) mass is 391 g/mol. The second-order valence-corrected chi connectivity index (χ2v) is 7.43. The number of anilines is 2. The normalized spacial score (nSPS) is 11.0. The van der Waals surface area contributed by atoms with E-state index in [-0.39, 0.29) is 6.10 Å². The molecule has 0 aliphatic carbocycles. The van der Waals surface area contributed by atoms with E-state index in [1.165, 1.54) is 0 Å². The topological polar surface area (TPSA) is 56.3 Å². The fraction of sp³-hybridized carbons (Fsp3) is 0.182. The van der Waals surface area contributed by atoms with Crippen LogP contribution in [0.4, 0.5) is 11.5 Å². The van der Waals surface area contributed by atoms with Gasteiger partial charge in [-0.2, -0.15) is 0 Å². The predicted molar refractivity (Wildman–Crippen MR) is 115 cm³/mol. The maximum atomic E-state index is 5.93. The molecule has 0 aliphatic rings. The number of ether oxygens (including phenoxy) is 2. The van der Waals surface area contributed by atoms with Crippen molar-refractivity contribution in [2.45, 2.75) is 20.0 Å². The summed E-state index contributed by atoms with van der Waals surface area (Å²) in [5.41, 5.74) is 3.06. The fourth-order valence-corrected chi connectivity index (χ4v) is 3.92. The van der Waals surface area contributed by atoms with Crippen LogP contribution in [0.1, 0.15) is 13.8 Å². The zero-order valence-corrected chi connectivity index (χ0v) is 16.8. The van der Waals surface area contributed by atoms with E-state index in [1.54, 1.807) is 24.8 Å². The van der Waals surface area contributed by atoms with Crippen molar-refractivity contribution in [3.63, 3.8) is 0 Å². The van der Waals surface area contributed by atoms with E-state index in [4.69, 9.17) is 9.47 Å². The standard InChI is InChI=1S/C22H21N3O2S/c1-14(2)27-19-7-5-4-6-18(19)25-21-20-17(12-28-22(20)24-13-23-21)15-8-10-16(26-3)11-9-15/h4-14H,1-3H3,(H,23,24,25). The third kappa shape index (κ3) is 3.64. The fourth-order valence-electron chi connectivity index (χ4n) is 3.01. The summed E-state index contributed by atoms with van der Waals surface area (Å²) in [5, 5.41) is 6.56. The van der Waals surface area contributed by atoms with Crippen molar-refractivity contribution < 1.29 is 9.47 Å². The molecule has 4 aromatic rings. The van der Waals surface area contributed by atoms with Gasteiger partial charge in [0.25, 0.3) is 0 Å². The van der Waals surface area contributed by atoms with E-state index in [0.29, 0.717) is 0 Å². The zero-order valence-electron chi connectivity index (χ0n) is 16.0. The number of nitrogens with zero attached hydrogens (tertiary/aromatic N) is 2. The lowest BCUT2D eigenvalue weighted by Gasteiger charge is -2.15. The summed E-state index contributed by atoms with van der Waals surface area (Å²) in [4.78, 5) is 9.90. The summed E-state index contributed by atoms with van der Waals surface area (Å²) in [6.07, 6.45) is 1.68. The van der Waals surface area contributed by atoms with Crippen molar-refractivity contribution in [1.29, 1.82) is 0 Å². The molecule has 2 heterocycles. The summed E-state index contributed by atoms with van der Waals surface area (Å²) in [6.45, 7) is 4.03. The Morgan fingerprint density at radius 3 is 2.54 bits per heavy atom. The SMILES string of the molecule is COc1ccc(-c2csc3ncnc(Nc4ccccc4OC(C)C)c23)cc1. The summed E-state index contributed by atoms with van der Waals surface area (Å²) in [7, 11) is 1.67. The highest BCUT2D eigenvalue weighted by atomic mass is 32.1. The first-order valence-corrected chi connectivity index (χ1v) is 9.93. The van der Waals surface area contributed by atoms with Crippen LogP contribution in [0, 0.1) is 0 Å². The Kier molecular flexibility index (Phi) is 5.12. The Morgan fingerprint density at radius 1 is 1.00 bits per heavy atom. The molecule has 0 amide bonds. The molecule has 0 unspecified atom stereocenters. The van der Waals surface area contributed by atoms with Crippen LogP contribution < -0.4 is 14.8 Å². The molecule has 2 aromatic carbocycles. The molecule has 0 atom stereocenters. The number of methoxy groups -OCH3 is 1. The van der Waals surface area contributed by atoms with Crippen LogP contribution in [-0.2, 0) is 0 Å². The second kappa shape index (κ2) is 7.86. The van der Waals surface area contributed by atoms with E-state index >= 15 is 0 Å². The Bertz CT molecular complexity index is 1090. The minimum Gasteiger partial charge on any atom is -0.497 e. The van der Waals surface area contributed by atoms with Crippen LogP contribution in [-0.4, -0.2) is 23.2 Å². The van der Waals surface area contributed by atoms with Gasteiger partial charge in [-0.05, 0) is 43.7 Å². The third-order valence-electron chi connectivity index (χ3n) is 4.27. The minimum absolute atomic E-state index is 0.0874. The van der Waals surface area contributed by atoms with Crippen LogP contribution in [0.5, 0.6) is 11.5 Å². The lowest BCUT2D eigenvalue weighted by molar-refractivity contribution is 0.244. The molecule has 28 heavy (non-hydrogen) atoms. The molecule has 1 N–H and O–H groups in total. The summed E-state index contributed by atoms with van der Waals surface area (Å²) in [5.74, 6) is 2.39. The number of rotatable bonds is 6. The van der Waals surface area contributed by atoms with Crippen LogP contribution in [0.15, 0.2) is 60.2 Å². The Balaban J connectivity index is 1.77. The van der Waals surface area contributed by atoms with Crippen molar-refractivity contribution in [2.24, 2.45) is 0 Å². The van der Waals surface area contributed by atoms with Gasteiger partial charge in [-0.15, -0.1) is 11.3 Å². The number of para-hydroxylation sites is 2.